The number of benzene rings is 1. The Kier molecular flexibility index (Phi) is 3.40. The van der Waals surface area contributed by atoms with Crippen LogP contribution in [0.2, 0.25) is 0 Å². The van der Waals surface area contributed by atoms with Gasteiger partial charge in [-0.1, -0.05) is 0 Å². The SMILES string of the molecule is CS(=O)c1cc2c(Br)c(Br)c(Br)cc2[nH]1. The molecule has 2 rings (SSSR count). The lowest BCUT2D eigenvalue weighted by atomic mass is 10.2. The van der Waals surface area contributed by atoms with E-state index in [0.29, 0.717) is 0 Å². The molecule has 0 aliphatic carbocycles. The first-order valence-corrected chi connectivity index (χ1v) is 7.94. The van der Waals surface area contributed by atoms with Gasteiger partial charge in [-0.3, -0.25) is 4.21 Å². The lowest BCUT2D eigenvalue weighted by Gasteiger charge is -2.00. The third-order valence-electron chi connectivity index (χ3n) is 2.04. The predicted molar refractivity (Wildman–Crippen MR) is 73.7 cm³/mol. The minimum Gasteiger partial charge on any atom is -0.348 e. The summed E-state index contributed by atoms with van der Waals surface area (Å²) >= 11 is 10.4. The van der Waals surface area contributed by atoms with Gasteiger partial charge < -0.3 is 4.98 Å². The molecule has 6 heteroatoms. The van der Waals surface area contributed by atoms with Crippen LogP contribution in [-0.2, 0) is 10.8 Å². The maximum absolute atomic E-state index is 11.3. The number of fused-ring (bicyclic) bond motifs is 1. The molecule has 0 saturated heterocycles. The van der Waals surface area contributed by atoms with Crippen LogP contribution in [0.3, 0.4) is 0 Å². The van der Waals surface area contributed by atoms with E-state index in [0.717, 1.165) is 29.3 Å². The zero-order valence-corrected chi connectivity index (χ0v) is 13.2. The molecule has 1 N–H and O–H groups in total. The van der Waals surface area contributed by atoms with Gasteiger partial charge in [0.25, 0.3) is 0 Å². The molecule has 2 nitrogen and oxygen atoms in total. The molecule has 0 radical (unpaired) electrons. The van der Waals surface area contributed by atoms with E-state index in [4.69, 9.17) is 0 Å². The summed E-state index contributed by atoms with van der Waals surface area (Å²) in [6.07, 6.45) is 1.66. The van der Waals surface area contributed by atoms with Gasteiger partial charge in [-0.25, -0.2) is 0 Å². The highest BCUT2D eigenvalue weighted by Gasteiger charge is 2.11. The topological polar surface area (TPSA) is 32.9 Å². The fourth-order valence-electron chi connectivity index (χ4n) is 1.31. The summed E-state index contributed by atoms with van der Waals surface area (Å²) in [5.74, 6) is 0. The number of aromatic amines is 1. The summed E-state index contributed by atoms with van der Waals surface area (Å²) in [6.45, 7) is 0. The largest absolute Gasteiger partial charge is 0.348 e. The maximum atomic E-state index is 11.3. The van der Waals surface area contributed by atoms with Crippen LogP contribution < -0.4 is 0 Å². The standard InChI is InChI=1S/C9H6Br3NOS/c1-15(14)7-2-4-6(13-7)3-5(10)9(12)8(4)11/h2-3,13H,1H3. The molecule has 0 aliphatic rings. The minimum atomic E-state index is -0.990. The van der Waals surface area contributed by atoms with Crippen LogP contribution in [0.5, 0.6) is 0 Å². The molecule has 1 aromatic carbocycles. The van der Waals surface area contributed by atoms with Crippen LogP contribution in [0.25, 0.3) is 10.9 Å². The number of hydrogen-bond acceptors (Lipinski definition) is 1. The number of H-pyrrole nitrogens is 1. The summed E-state index contributed by atoms with van der Waals surface area (Å²) < 4.78 is 14.2. The minimum absolute atomic E-state index is 0.732. The predicted octanol–water partition coefficient (Wildman–Crippen LogP) is 4.19. The lowest BCUT2D eigenvalue weighted by molar-refractivity contribution is 0.685. The number of hydrogen-bond donors (Lipinski definition) is 1. The van der Waals surface area contributed by atoms with Crippen molar-refractivity contribution >= 4 is 69.5 Å². The molecular weight excluding hydrogens is 410 g/mol. The monoisotopic (exact) mass is 413 g/mol. The summed E-state index contributed by atoms with van der Waals surface area (Å²) in [7, 11) is -0.990. The second-order valence-corrected chi connectivity index (χ2v) is 6.82. The first-order valence-electron chi connectivity index (χ1n) is 4.00. The Morgan fingerprint density at radius 1 is 1.20 bits per heavy atom. The smallest absolute Gasteiger partial charge is 0.104 e. The van der Waals surface area contributed by atoms with Crippen molar-refractivity contribution in [3.63, 3.8) is 0 Å². The van der Waals surface area contributed by atoms with Crippen molar-refractivity contribution in [3.05, 3.63) is 25.6 Å². The molecule has 15 heavy (non-hydrogen) atoms. The quantitative estimate of drug-likeness (QED) is 0.696. The van der Waals surface area contributed by atoms with Gasteiger partial charge >= 0.3 is 0 Å². The van der Waals surface area contributed by atoms with Crippen molar-refractivity contribution < 1.29 is 4.21 Å². The number of nitrogens with one attached hydrogen (secondary N) is 1. The third-order valence-corrected chi connectivity index (χ3v) is 6.22. The van der Waals surface area contributed by atoms with Crippen molar-refractivity contribution in [2.75, 3.05) is 6.26 Å². The maximum Gasteiger partial charge on any atom is 0.104 e. The van der Waals surface area contributed by atoms with Crippen LogP contribution in [0.1, 0.15) is 0 Å². The average molecular weight is 416 g/mol. The van der Waals surface area contributed by atoms with Gasteiger partial charge in [-0.2, -0.15) is 0 Å². The highest BCUT2D eigenvalue weighted by atomic mass is 79.9. The van der Waals surface area contributed by atoms with Crippen LogP contribution in [-0.4, -0.2) is 15.4 Å². The van der Waals surface area contributed by atoms with Crippen molar-refractivity contribution in [2.24, 2.45) is 0 Å². The molecule has 2 aromatic rings. The molecule has 0 bridgehead atoms. The van der Waals surface area contributed by atoms with Crippen LogP contribution in [0, 0.1) is 0 Å². The van der Waals surface area contributed by atoms with Crippen molar-refractivity contribution in [3.8, 4) is 0 Å². The summed E-state index contributed by atoms with van der Waals surface area (Å²) in [6, 6.07) is 3.85. The molecule has 1 unspecified atom stereocenters. The van der Waals surface area contributed by atoms with E-state index >= 15 is 0 Å². The fourth-order valence-corrected chi connectivity index (χ4v) is 3.41. The number of rotatable bonds is 1. The van der Waals surface area contributed by atoms with E-state index in [1.807, 2.05) is 12.1 Å². The van der Waals surface area contributed by atoms with Crippen LogP contribution in [0.4, 0.5) is 0 Å². The molecule has 0 fully saturated rings. The molecule has 0 saturated carbocycles. The summed E-state index contributed by atoms with van der Waals surface area (Å²) in [4.78, 5) is 3.12. The van der Waals surface area contributed by atoms with E-state index in [1.165, 1.54) is 0 Å². The molecule has 0 amide bonds. The molecule has 1 aromatic heterocycles. The van der Waals surface area contributed by atoms with E-state index in [2.05, 4.69) is 52.8 Å². The van der Waals surface area contributed by atoms with Gasteiger partial charge in [-0.15, -0.1) is 0 Å². The first-order chi connectivity index (χ1) is 7.00. The van der Waals surface area contributed by atoms with Crippen molar-refractivity contribution in [1.29, 1.82) is 0 Å². The molecule has 0 spiro atoms. The van der Waals surface area contributed by atoms with Gasteiger partial charge in [0.05, 0.1) is 10.8 Å². The van der Waals surface area contributed by atoms with Gasteiger partial charge in [0.15, 0.2) is 0 Å². The van der Waals surface area contributed by atoms with Crippen LogP contribution in [0.15, 0.2) is 30.6 Å². The lowest BCUT2D eigenvalue weighted by Crippen LogP contribution is -1.84. The second kappa shape index (κ2) is 4.31. The Hall–Kier alpha value is 0.350. The van der Waals surface area contributed by atoms with Crippen LogP contribution >= 0.6 is 47.8 Å². The zero-order valence-electron chi connectivity index (χ0n) is 7.61. The molecular formula is C9H6Br3NOS. The van der Waals surface area contributed by atoms with Gasteiger partial charge in [0.2, 0.25) is 0 Å². The Bertz CT molecular complexity index is 564. The molecule has 0 aliphatic heterocycles. The van der Waals surface area contributed by atoms with Gasteiger partial charge in [-0.05, 0) is 59.9 Å². The van der Waals surface area contributed by atoms with Gasteiger partial charge in [0.1, 0.15) is 5.03 Å². The first kappa shape index (κ1) is 11.8. The number of aromatic nitrogens is 1. The van der Waals surface area contributed by atoms with Gasteiger partial charge in [0, 0.05) is 30.6 Å². The zero-order chi connectivity index (χ0) is 11.2. The normalized spacial score (nSPS) is 13.3. The average Bonchev–Trinajstić information content (AvgIpc) is 2.58. The Labute approximate surface area is 115 Å². The Balaban J connectivity index is 2.82. The van der Waals surface area contributed by atoms with E-state index in [1.54, 1.807) is 6.26 Å². The van der Waals surface area contributed by atoms with E-state index in [9.17, 15) is 4.21 Å². The Morgan fingerprint density at radius 2 is 1.87 bits per heavy atom. The molecule has 80 valence electrons. The van der Waals surface area contributed by atoms with E-state index in [-0.39, 0.29) is 0 Å². The Morgan fingerprint density at radius 3 is 2.47 bits per heavy atom. The van der Waals surface area contributed by atoms with Crippen molar-refractivity contribution in [2.45, 2.75) is 5.03 Å². The molecule has 1 atom stereocenters. The van der Waals surface area contributed by atoms with Crippen molar-refractivity contribution in [1.82, 2.24) is 4.98 Å². The third kappa shape index (κ3) is 2.09. The number of halogens is 3. The summed E-state index contributed by atoms with van der Waals surface area (Å²) in [5, 5.41) is 1.76. The highest BCUT2D eigenvalue weighted by Crippen LogP contribution is 2.37. The highest BCUT2D eigenvalue weighted by molar-refractivity contribution is 9.14. The summed E-state index contributed by atoms with van der Waals surface area (Å²) in [5.41, 5.74) is 0.960. The molecule has 1 heterocycles. The fraction of sp³-hybridized carbons (Fsp3) is 0.111. The van der Waals surface area contributed by atoms with E-state index < -0.39 is 10.8 Å². The second-order valence-electron chi connectivity index (χ2n) is 3.04.